The van der Waals surface area contributed by atoms with Gasteiger partial charge >= 0.3 is 0 Å². The number of benzene rings is 1. The Morgan fingerprint density at radius 3 is 2.76 bits per heavy atom. The van der Waals surface area contributed by atoms with E-state index in [1.165, 1.54) is 0 Å². The fraction of sp³-hybridized carbons (Fsp3) is 0.467. The van der Waals surface area contributed by atoms with E-state index in [1.807, 2.05) is 36.7 Å². The SMILES string of the molecule is CCC(N)Cc1cc(Cl)ccc1OCc1nnc(C)n1C. The largest absolute Gasteiger partial charge is 0.485 e. The number of hydrogen-bond acceptors (Lipinski definition) is 4. The predicted octanol–water partition coefficient (Wildman–Crippen LogP) is 2.64. The molecule has 0 fully saturated rings. The van der Waals surface area contributed by atoms with E-state index in [-0.39, 0.29) is 6.04 Å². The van der Waals surface area contributed by atoms with Crippen molar-refractivity contribution in [2.45, 2.75) is 39.3 Å². The number of hydrogen-bond donors (Lipinski definition) is 1. The van der Waals surface area contributed by atoms with Gasteiger partial charge in [-0.15, -0.1) is 10.2 Å². The van der Waals surface area contributed by atoms with Crippen molar-refractivity contribution in [3.05, 3.63) is 40.4 Å². The Balaban J connectivity index is 2.13. The van der Waals surface area contributed by atoms with Crippen LogP contribution < -0.4 is 10.5 Å². The summed E-state index contributed by atoms with van der Waals surface area (Å²) in [7, 11) is 1.92. The molecule has 114 valence electrons. The topological polar surface area (TPSA) is 66.0 Å². The van der Waals surface area contributed by atoms with E-state index in [2.05, 4.69) is 17.1 Å². The summed E-state index contributed by atoms with van der Waals surface area (Å²) < 4.78 is 7.79. The van der Waals surface area contributed by atoms with Crippen molar-refractivity contribution in [3.63, 3.8) is 0 Å². The van der Waals surface area contributed by atoms with Crippen molar-refractivity contribution >= 4 is 11.6 Å². The van der Waals surface area contributed by atoms with Crippen molar-refractivity contribution in [2.75, 3.05) is 0 Å². The maximum Gasteiger partial charge on any atom is 0.170 e. The summed E-state index contributed by atoms with van der Waals surface area (Å²) in [5.74, 6) is 2.44. The lowest BCUT2D eigenvalue weighted by Crippen LogP contribution is -2.21. The van der Waals surface area contributed by atoms with Gasteiger partial charge in [0, 0.05) is 18.1 Å². The number of halogens is 1. The molecule has 0 radical (unpaired) electrons. The molecular formula is C15H21ClN4O. The highest BCUT2D eigenvalue weighted by Crippen LogP contribution is 2.25. The number of ether oxygens (including phenoxy) is 1. The van der Waals surface area contributed by atoms with Crippen LogP contribution in [0.1, 0.15) is 30.6 Å². The predicted molar refractivity (Wildman–Crippen MR) is 83.5 cm³/mol. The third-order valence-corrected chi connectivity index (χ3v) is 3.80. The van der Waals surface area contributed by atoms with Gasteiger partial charge in [-0.2, -0.15) is 0 Å². The van der Waals surface area contributed by atoms with Gasteiger partial charge in [-0.25, -0.2) is 0 Å². The smallest absolute Gasteiger partial charge is 0.170 e. The average Bonchev–Trinajstić information content (AvgIpc) is 2.78. The fourth-order valence-corrected chi connectivity index (χ4v) is 2.19. The van der Waals surface area contributed by atoms with Crippen LogP contribution in [0.25, 0.3) is 0 Å². The van der Waals surface area contributed by atoms with Gasteiger partial charge in [0.2, 0.25) is 0 Å². The molecule has 0 spiro atoms. The highest BCUT2D eigenvalue weighted by molar-refractivity contribution is 6.30. The third kappa shape index (κ3) is 3.95. The Bertz CT molecular complexity index is 612. The first kappa shape index (κ1) is 15.8. The van der Waals surface area contributed by atoms with Gasteiger partial charge in [-0.05, 0) is 43.5 Å². The average molecular weight is 309 g/mol. The summed E-state index contributed by atoms with van der Waals surface area (Å²) in [6.45, 7) is 4.34. The number of aromatic nitrogens is 3. The minimum Gasteiger partial charge on any atom is -0.485 e. The lowest BCUT2D eigenvalue weighted by molar-refractivity contribution is 0.287. The van der Waals surface area contributed by atoms with Crippen molar-refractivity contribution in [1.82, 2.24) is 14.8 Å². The maximum absolute atomic E-state index is 6.07. The Morgan fingerprint density at radius 2 is 2.14 bits per heavy atom. The zero-order valence-corrected chi connectivity index (χ0v) is 13.4. The van der Waals surface area contributed by atoms with Crippen LogP contribution in [0.2, 0.25) is 5.02 Å². The second kappa shape index (κ2) is 6.91. The van der Waals surface area contributed by atoms with Crippen molar-refractivity contribution < 1.29 is 4.74 Å². The van der Waals surface area contributed by atoms with Crippen LogP contribution in [0.5, 0.6) is 5.75 Å². The summed E-state index contributed by atoms with van der Waals surface area (Å²) >= 11 is 6.07. The number of aryl methyl sites for hydroxylation is 1. The summed E-state index contributed by atoms with van der Waals surface area (Å²) in [5, 5.41) is 8.80. The maximum atomic E-state index is 6.07. The number of rotatable bonds is 6. The zero-order valence-electron chi connectivity index (χ0n) is 12.6. The van der Waals surface area contributed by atoms with Gasteiger partial charge in [0.15, 0.2) is 5.82 Å². The van der Waals surface area contributed by atoms with E-state index in [9.17, 15) is 0 Å². The van der Waals surface area contributed by atoms with Gasteiger partial charge in [-0.1, -0.05) is 18.5 Å². The molecule has 5 nitrogen and oxygen atoms in total. The van der Waals surface area contributed by atoms with Crippen molar-refractivity contribution in [3.8, 4) is 5.75 Å². The molecule has 6 heteroatoms. The van der Waals surface area contributed by atoms with Crippen LogP contribution in [0.15, 0.2) is 18.2 Å². The van der Waals surface area contributed by atoms with E-state index < -0.39 is 0 Å². The first-order chi connectivity index (χ1) is 10.0. The molecule has 0 aliphatic heterocycles. The summed E-state index contributed by atoms with van der Waals surface area (Å²) in [6, 6.07) is 5.71. The molecule has 2 rings (SSSR count). The van der Waals surface area contributed by atoms with Crippen LogP contribution in [0.3, 0.4) is 0 Å². The van der Waals surface area contributed by atoms with Crippen LogP contribution >= 0.6 is 11.6 Å². The molecule has 0 saturated heterocycles. The highest BCUT2D eigenvalue weighted by atomic mass is 35.5. The van der Waals surface area contributed by atoms with Crippen molar-refractivity contribution in [2.24, 2.45) is 12.8 Å². The molecule has 0 amide bonds. The minimum absolute atomic E-state index is 0.0999. The Morgan fingerprint density at radius 1 is 1.38 bits per heavy atom. The van der Waals surface area contributed by atoms with Gasteiger partial charge < -0.3 is 15.0 Å². The van der Waals surface area contributed by atoms with Crippen LogP contribution in [0.4, 0.5) is 0 Å². The molecule has 1 atom stereocenters. The van der Waals surface area contributed by atoms with Gasteiger partial charge in [-0.3, -0.25) is 0 Å². The Hall–Kier alpha value is -1.59. The molecule has 0 aliphatic carbocycles. The monoisotopic (exact) mass is 308 g/mol. The first-order valence-electron chi connectivity index (χ1n) is 7.03. The van der Waals surface area contributed by atoms with E-state index in [0.29, 0.717) is 11.6 Å². The van der Waals surface area contributed by atoms with E-state index in [0.717, 1.165) is 35.8 Å². The second-order valence-corrected chi connectivity index (χ2v) is 5.57. The highest BCUT2D eigenvalue weighted by Gasteiger charge is 2.11. The fourth-order valence-electron chi connectivity index (χ4n) is 1.99. The number of nitrogens with two attached hydrogens (primary N) is 1. The molecule has 2 N–H and O–H groups in total. The quantitative estimate of drug-likeness (QED) is 0.891. The zero-order chi connectivity index (χ0) is 15.4. The van der Waals surface area contributed by atoms with E-state index >= 15 is 0 Å². The first-order valence-corrected chi connectivity index (χ1v) is 7.40. The minimum atomic E-state index is 0.0999. The van der Waals surface area contributed by atoms with Crippen molar-refractivity contribution in [1.29, 1.82) is 0 Å². The summed E-state index contributed by atoms with van der Waals surface area (Å²) in [6.07, 6.45) is 1.65. The van der Waals surface area contributed by atoms with Gasteiger partial charge in [0.1, 0.15) is 18.2 Å². The molecule has 1 aromatic carbocycles. The molecule has 0 saturated carbocycles. The number of nitrogens with zero attached hydrogens (tertiary/aromatic N) is 3. The summed E-state index contributed by atoms with van der Waals surface area (Å²) in [5.41, 5.74) is 7.06. The van der Waals surface area contributed by atoms with Gasteiger partial charge in [0.05, 0.1) is 0 Å². The second-order valence-electron chi connectivity index (χ2n) is 5.14. The van der Waals surface area contributed by atoms with Gasteiger partial charge in [0.25, 0.3) is 0 Å². The van der Waals surface area contributed by atoms with E-state index in [1.54, 1.807) is 0 Å². The van der Waals surface area contributed by atoms with Crippen LogP contribution in [-0.2, 0) is 20.1 Å². The molecule has 0 bridgehead atoms. The lowest BCUT2D eigenvalue weighted by Gasteiger charge is -2.14. The standard InChI is InChI=1S/C15H21ClN4O/c1-4-13(17)8-11-7-12(16)5-6-14(11)21-9-15-19-18-10(2)20(15)3/h5-7,13H,4,8-9,17H2,1-3H3. The van der Waals surface area contributed by atoms with Crippen LogP contribution in [0, 0.1) is 6.92 Å². The molecule has 0 aliphatic rings. The molecule has 1 heterocycles. The lowest BCUT2D eigenvalue weighted by atomic mass is 10.0. The third-order valence-electron chi connectivity index (χ3n) is 3.57. The molecule has 1 unspecified atom stereocenters. The molecule has 1 aromatic heterocycles. The van der Waals surface area contributed by atoms with E-state index in [4.69, 9.17) is 22.1 Å². The molecule has 21 heavy (non-hydrogen) atoms. The Kier molecular flexibility index (Phi) is 5.20. The normalized spacial score (nSPS) is 12.4. The molecular weight excluding hydrogens is 288 g/mol. The van der Waals surface area contributed by atoms with Crippen LogP contribution in [-0.4, -0.2) is 20.8 Å². The summed E-state index contributed by atoms with van der Waals surface area (Å²) in [4.78, 5) is 0. The Labute approximate surface area is 130 Å². The molecule has 2 aromatic rings.